The highest BCUT2D eigenvalue weighted by Crippen LogP contribution is 2.24. The average molecular weight is 470 g/mol. The van der Waals surface area contributed by atoms with Gasteiger partial charge in [-0.3, -0.25) is 14.4 Å². The molecule has 33 heavy (non-hydrogen) atoms. The molecule has 1 aliphatic rings. The standard InChI is InChI=1S/C26H32ClN3O3/c1-4-18(3)28-25(32)23(29-24(31)21-10-5-6-11-22(21)27)19-12-14-30(15-13-19)26(33)20-9-7-8-17(2)16-20/h5-11,16,18-19,23H,4,12-15H2,1-3H3,(H,28,32)(H,29,31). The molecular formula is C26H32ClN3O3. The summed E-state index contributed by atoms with van der Waals surface area (Å²) in [5, 5.41) is 6.26. The van der Waals surface area contributed by atoms with Gasteiger partial charge in [-0.05, 0) is 63.3 Å². The predicted molar refractivity (Wildman–Crippen MR) is 130 cm³/mol. The largest absolute Gasteiger partial charge is 0.352 e. The Balaban J connectivity index is 1.71. The Morgan fingerprint density at radius 1 is 1.06 bits per heavy atom. The van der Waals surface area contributed by atoms with Crippen LogP contribution < -0.4 is 10.6 Å². The molecule has 3 amide bonds. The summed E-state index contributed by atoms with van der Waals surface area (Å²) in [5.41, 5.74) is 2.05. The lowest BCUT2D eigenvalue weighted by Crippen LogP contribution is -2.55. The van der Waals surface area contributed by atoms with Crippen LogP contribution >= 0.6 is 11.6 Å². The molecule has 0 aliphatic carbocycles. The minimum Gasteiger partial charge on any atom is -0.352 e. The summed E-state index contributed by atoms with van der Waals surface area (Å²) in [6.45, 7) is 6.97. The van der Waals surface area contributed by atoms with Crippen molar-refractivity contribution in [1.82, 2.24) is 15.5 Å². The number of aryl methyl sites for hydroxylation is 1. The van der Waals surface area contributed by atoms with Crippen molar-refractivity contribution in [2.45, 2.75) is 52.1 Å². The Kier molecular flexibility index (Phi) is 8.50. The highest BCUT2D eigenvalue weighted by Gasteiger charge is 2.34. The van der Waals surface area contributed by atoms with Crippen molar-refractivity contribution < 1.29 is 14.4 Å². The smallest absolute Gasteiger partial charge is 0.253 e. The van der Waals surface area contributed by atoms with E-state index in [0.717, 1.165) is 12.0 Å². The number of hydrogen-bond acceptors (Lipinski definition) is 3. The maximum atomic E-state index is 13.1. The molecule has 2 aromatic carbocycles. The molecule has 1 saturated heterocycles. The van der Waals surface area contributed by atoms with Gasteiger partial charge in [0.25, 0.3) is 11.8 Å². The lowest BCUT2D eigenvalue weighted by Gasteiger charge is -2.36. The van der Waals surface area contributed by atoms with Crippen LogP contribution in [0, 0.1) is 12.8 Å². The molecule has 3 rings (SSSR count). The fourth-order valence-electron chi connectivity index (χ4n) is 4.09. The topological polar surface area (TPSA) is 78.5 Å². The number of likely N-dealkylation sites (tertiary alicyclic amines) is 1. The van der Waals surface area contributed by atoms with Crippen LogP contribution in [0.3, 0.4) is 0 Å². The molecule has 2 aromatic rings. The van der Waals surface area contributed by atoms with Crippen molar-refractivity contribution in [2.24, 2.45) is 5.92 Å². The molecule has 176 valence electrons. The van der Waals surface area contributed by atoms with Gasteiger partial charge in [-0.15, -0.1) is 0 Å². The third-order valence-corrected chi connectivity index (χ3v) is 6.58. The van der Waals surface area contributed by atoms with E-state index in [9.17, 15) is 14.4 Å². The molecule has 0 bridgehead atoms. The first-order chi connectivity index (χ1) is 15.8. The average Bonchev–Trinajstić information content (AvgIpc) is 2.82. The van der Waals surface area contributed by atoms with Gasteiger partial charge >= 0.3 is 0 Å². The summed E-state index contributed by atoms with van der Waals surface area (Å²) < 4.78 is 0. The molecule has 0 radical (unpaired) electrons. The van der Waals surface area contributed by atoms with Crippen LogP contribution in [0.5, 0.6) is 0 Å². The number of piperidine rings is 1. The van der Waals surface area contributed by atoms with Gasteiger partial charge < -0.3 is 15.5 Å². The first kappa shape index (κ1) is 24.8. The normalized spacial score (nSPS) is 16.1. The molecule has 1 aliphatic heterocycles. The van der Waals surface area contributed by atoms with Crippen LogP contribution in [0.2, 0.25) is 5.02 Å². The lowest BCUT2D eigenvalue weighted by atomic mass is 9.88. The maximum absolute atomic E-state index is 13.1. The number of amides is 3. The number of nitrogens with one attached hydrogen (secondary N) is 2. The van der Waals surface area contributed by atoms with E-state index >= 15 is 0 Å². The van der Waals surface area contributed by atoms with Crippen LogP contribution in [-0.2, 0) is 4.79 Å². The zero-order chi connectivity index (χ0) is 24.0. The molecule has 0 aromatic heterocycles. The van der Waals surface area contributed by atoms with Crippen LogP contribution in [-0.4, -0.2) is 47.8 Å². The Morgan fingerprint density at radius 2 is 1.76 bits per heavy atom. The number of carbonyl (C=O) groups is 3. The van der Waals surface area contributed by atoms with E-state index < -0.39 is 6.04 Å². The second kappa shape index (κ2) is 11.3. The first-order valence-corrected chi connectivity index (χ1v) is 11.9. The molecule has 2 N–H and O–H groups in total. The monoisotopic (exact) mass is 469 g/mol. The molecule has 0 spiro atoms. The second-order valence-corrected chi connectivity index (χ2v) is 9.16. The quantitative estimate of drug-likeness (QED) is 0.637. The number of benzene rings is 2. The van der Waals surface area contributed by atoms with Crippen molar-refractivity contribution in [3.05, 3.63) is 70.2 Å². The van der Waals surface area contributed by atoms with E-state index in [4.69, 9.17) is 11.6 Å². The number of rotatable bonds is 7. The molecule has 0 saturated carbocycles. The van der Waals surface area contributed by atoms with Gasteiger partial charge in [-0.25, -0.2) is 0 Å². The van der Waals surface area contributed by atoms with Crippen molar-refractivity contribution in [3.63, 3.8) is 0 Å². The summed E-state index contributed by atoms with van der Waals surface area (Å²) in [7, 11) is 0. The number of nitrogens with zero attached hydrogens (tertiary/aromatic N) is 1. The highest BCUT2D eigenvalue weighted by molar-refractivity contribution is 6.33. The molecule has 1 heterocycles. The van der Waals surface area contributed by atoms with Crippen molar-refractivity contribution >= 4 is 29.3 Å². The van der Waals surface area contributed by atoms with Crippen molar-refractivity contribution in [2.75, 3.05) is 13.1 Å². The van der Waals surface area contributed by atoms with Crippen LogP contribution in [0.4, 0.5) is 0 Å². The molecule has 1 fully saturated rings. The highest BCUT2D eigenvalue weighted by atomic mass is 35.5. The molecule has 2 atom stereocenters. The zero-order valence-electron chi connectivity index (χ0n) is 19.4. The summed E-state index contributed by atoms with van der Waals surface area (Å²) >= 11 is 6.19. The van der Waals surface area contributed by atoms with Crippen LogP contribution in [0.25, 0.3) is 0 Å². The summed E-state index contributed by atoms with van der Waals surface area (Å²) in [4.78, 5) is 40.8. The van der Waals surface area contributed by atoms with Gasteiger partial charge in [0, 0.05) is 24.7 Å². The third-order valence-electron chi connectivity index (χ3n) is 6.25. The Morgan fingerprint density at radius 3 is 2.39 bits per heavy atom. The minimum absolute atomic E-state index is 0.000187. The minimum atomic E-state index is -0.695. The van der Waals surface area contributed by atoms with Crippen molar-refractivity contribution in [1.29, 1.82) is 0 Å². The Bertz CT molecular complexity index is 1000. The lowest BCUT2D eigenvalue weighted by molar-refractivity contribution is -0.125. The van der Waals surface area contributed by atoms with E-state index in [0.29, 0.717) is 42.1 Å². The van der Waals surface area contributed by atoms with Gasteiger partial charge in [-0.2, -0.15) is 0 Å². The SMILES string of the molecule is CCC(C)NC(=O)C(NC(=O)c1ccccc1Cl)C1CCN(C(=O)c2cccc(C)c2)CC1. The zero-order valence-corrected chi connectivity index (χ0v) is 20.2. The number of hydrogen-bond donors (Lipinski definition) is 2. The van der Waals surface area contributed by atoms with Gasteiger partial charge in [-0.1, -0.05) is 48.4 Å². The maximum Gasteiger partial charge on any atom is 0.253 e. The first-order valence-electron chi connectivity index (χ1n) is 11.5. The van der Waals surface area contributed by atoms with Gasteiger partial charge in [0.05, 0.1) is 10.6 Å². The van der Waals surface area contributed by atoms with E-state index in [2.05, 4.69) is 10.6 Å². The molecule has 7 heteroatoms. The molecular weight excluding hydrogens is 438 g/mol. The summed E-state index contributed by atoms with van der Waals surface area (Å²) in [5.74, 6) is -0.656. The number of halogens is 1. The van der Waals surface area contributed by atoms with Crippen LogP contribution in [0.1, 0.15) is 59.4 Å². The van der Waals surface area contributed by atoms with E-state index in [1.54, 1.807) is 24.3 Å². The van der Waals surface area contributed by atoms with Gasteiger partial charge in [0.15, 0.2) is 0 Å². The van der Waals surface area contributed by atoms with Gasteiger partial charge in [0.2, 0.25) is 5.91 Å². The van der Waals surface area contributed by atoms with Crippen molar-refractivity contribution in [3.8, 4) is 0 Å². The second-order valence-electron chi connectivity index (χ2n) is 8.75. The summed E-state index contributed by atoms with van der Waals surface area (Å²) in [6.07, 6.45) is 2.04. The Hall–Kier alpha value is -2.86. The summed E-state index contributed by atoms with van der Waals surface area (Å²) in [6, 6.07) is 13.7. The van der Waals surface area contributed by atoms with Gasteiger partial charge in [0.1, 0.15) is 6.04 Å². The molecule has 6 nitrogen and oxygen atoms in total. The Labute approximate surface area is 200 Å². The predicted octanol–water partition coefficient (Wildman–Crippen LogP) is 4.21. The third kappa shape index (κ3) is 6.35. The fourth-order valence-corrected chi connectivity index (χ4v) is 4.31. The fraction of sp³-hybridized carbons (Fsp3) is 0.423. The number of carbonyl (C=O) groups excluding carboxylic acids is 3. The van der Waals surface area contributed by atoms with E-state index in [-0.39, 0.29) is 29.7 Å². The van der Waals surface area contributed by atoms with E-state index in [1.165, 1.54) is 0 Å². The molecule has 2 unspecified atom stereocenters. The van der Waals surface area contributed by atoms with Crippen LogP contribution in [0.15, 0.2) is 48.5 Å². The van der Waals surface area contributed by atoms with E-state index in [1.807, 2.05) is 49.9 Å².